The quantitative estimate of drug-likeness (QED) is 0.894. The third kappa shape index (κ3) is 4.20. The molecule has 0 aromatic heterocycles. The smallest absolute Gasteiger partial charge is 0.314 e. The highest BCUT2D eigenvalue weighted by Gasteiger charge is 2.36. The third-order valence-corrected chi connectivity index (χ3v) is 4.11. The Labute approximate surface area is 125 Å². The predicted molar refractivity (Wildman–Crippen MR) is 76.7 cm³/mol. The molecule has 1 saturated heterocycles. The molecule has 20 heavy (non-hydrogen) atoms. The Balaban J connectivity index is 2.31. The van der Waals surface area contributed by atoms with Gasteiger partial charge in [-0.1, -0.05) is 22.0 Å². The Morgan fingerprint density at radius 2 is 1.95 bits per heavy atom. The SMILES string of the molecule is Cc1ccc(Br)cc1[C@H](CC(F)(F)F)N1CCNCC1. The van der Waals surface area contributed by atoms with Gasteiger partial charge in [-0.05, 0) is 30.2 Å². The Morgan fingerprint density at radius 3 is 2.55 bits per heavy atom. The molecule has 2 rings (SSSR count). The van der Waals surface area contributed by atoms with Gasteiger partial charge in [0.15, 0.2) is 0 Å². The molecule has 0 radical (unpaired) electrons. The predicted octanol–water partition coefficient (Wildman–Crippen LogP) is 3.66. The van der Waals surface area contributed by atoms with Crippen LogP contribution in [-0.2, 0) is 0 Å². The van der Waals surface area contributed by atoms with Gasteiger partial charge in [0, 0.05) is 36.7 Å². The third-order valence-electron chi connectivity index (χ3n) is 3.62. The van der Waals surface area contributed by atoms with Crippen LogP contribution < -0.4 is 5.32 Å². The summed E-state index contributed by atoms with van der Waals surface area (Å²) in [6.07, 6.45) is -4.96. The van der Waals surface area contributed by atoms with Crippen LogP contribution in [0.3, 0.4) is 0 Å². The highest BCUT2D eigenvalue weighted by molar-refractivity contribution is 9.10. The van der Waals surface area contributed by atoms with E-state index in [1.165, 1.54) is 0 Å². The molecule has 0 saturated carbocycles. The summed E-state index contributed by atoms with van der Waals surface area (Å²) in [6, 6.07) is 4.94. The number of alkyl halides is 3. The first-order chi connectivity index (χ1) is 9.37. The summed E-state index contributed by atoms with van der Waals surface area (Å²) in [6.45, 7) is 4.63. The molecule has 6 heteroatoms. The molecule has 1 aromatic carbocycles. The first-order valence-corrected chi connectivity index (χ1v) is 7.44. The molecule has 1 aliphatic rings. The Hall–Kier alpha value is -0.590. The van der Waals surface area contributed by atoms with Crippen LogP contribution in [0, 0.1) is 6.92 Å². The standard InChI is InChI=1S/C14H18BrF3N2/c1-10-2-3-11(15)8-12(10)13(9-14(16,17)18)20-6-4-19-5-7-20/h2-3,8,13,19H,4-7,9H2,1H3/t13-/m0/s1. The second kappa shape index (κ2) is 6.45. The second-order valence-corrected chi connectivity index (χ2v) is 6.04. The zero-order valence-electron chi connectivity index (χ0n) is 11.3. The molecule has 1 atom stereocenters. The van der Waals surface area contributed by atoms with E-state index in [0.717, 1.165) is 28.7 Å². The summed E-state index contributed by atoms with van der Waals surface area (Å²) >= 11 is 3.36. The normalized spacial score (nSPS) is 19.1. The van der Waals surface area contributed by atoms with Crippen LogP contribution in [0.2, 0.25) is 0 Å². The summed E-state index contributed by atoms with van der Waals surface area (Å²) < 4.78 is 39.6. The lowest BCUT2D eigenvalue weighted by Crippen LogP contribution is -2.46. The van der Waals surface area contributed by atoms with E-state index in [4.69, 9.17) is 0 Å². The van der Waals surface area contributed by atoms with Crippen molar-refractivity contribution in [1.29, 1.82) is 0 Å². The maximum atomic E-state index is 12.9. The molecular formula is C14H18BrF3N2. The van der Waals surface area contributed by atoms with Gasteiger partial charge >= 0.3 is 6.18 Å². The second-order valence-electron chi connectivity index (χ2n) is 5.12. The zero-order valence-corrected chi connectivity index (χ0v) is 12.9. The van der Waals surface area contributed by atoms with Gasteiger partial charge in [-0.15, -0.1) is 0 Å². The van der Waals surface area contributed by atoms with Gasteiger partial charge < -0.3 is 5.32 Å². The maximum Gasteiger partial charge on any atom is 0.390 e. The van der Waals surface area contributed by atoms with Gasteiger partial charge in [-0.3, -0.25) is 4.90 Å². The summed E-state index contributed by atoms with van der Waals surface area (Å²) in [4.78, 5) is 1.93. The molecular weight excluding hydrogens is 333 g/mol. The molecule has 0 aliphatic carbocycles. The van der Waals surface area contributed by atoms with Crippen LogP contribution in [0.1, 0.15) is 23.6 Å². The average Bonchev–Trinajstić information content (AvgIpc) is 2.39. The van der Waals surface area contributed by atoms with Crippen molar-refractivity contribution in [3.05, 3.63) is 33.8 Å². The van der Waals surface area contributed by atoms with E-state index in [1.807, 2.05) is 30.0 Å². The fourth-order valence-electron chi connectivity index (χ4n) is 2.62. The number of hydrogen-bond acceptors (Lipinski definition) is 2. The van der Waals surface area contributed by atoms with Crippen molar-refractivity contribution in [1.82, 2.24) is 10.2 Å². The molecule has 0 bridgehead atoms. The van der Waals surface area contributed by atoms with E-state index in [9.17, 15) is 13.2 Å². The van der Waals surface area contributed by atoms with Crippen LogP contribution in [0.5, 0.6) is 0 Å². The molecule has 1 aromatic rings. The fourth-order valence-corrected chi connectivity index (χ4v) is 3.00. The van der Waals surface area contributed by atoms with Crippen LogP contribution >= 0.6 is 15.9 Å². The van der Waals surface area contributed by atoms with Crippen LogP contribution in [-0.4, -0.2) is 37.3 Å². The molecule has 112 valence electrons. The molecule has 0 amide bonds. The molecule has 1 heterocycles. The van der Waals surface area contributed by atoms with Crippen LogP contribution in [0.25, 0.3) is 0 Å². The van der Waals surface area contributed by atoms with Gasteiger partial charge in [0.1, 0.15) is 0 Å². The minimum Gasteiger partial charge on any atom is -0.314 e. The fraction of sp³-hybridized carbons (Fsp3) is 0.571. The minimum atomic E-state index is -4.16. The van der Waals surface area contributed by atoms with E-state index in [2.05, 4.69) is 21.2 Å². The van der Waals surface area contributed by atoms with Crippen molar-refractivity contribution in [2.75, 3.05) is 26.2 Å². The van der Waals surface area contributed by atoms with Crippen LogP contribution in [0.15, 0.2) is 22.7 Å². The van der Waals surface area contributed by atoms with Crippen molar-refractivity contribution in [3.63, 3.8) is 0 Å². The van der Waals surface area contributed by atoms with Crippen molar-refractivity contribution in [3.8, 4) is 0 Å². The van der Waals surface area contributed by atoms with E-state index in [1.54, 1.807) is 0 Å². The number of piperazine rings is 1. The monoisotopic (exact) mass is 350 g/mol. The first kappa shape index (κ1) is 15.8. The highest BCUT2D eigenvalue weighted by atomic mass is 79.9. The lowest BCUT2D eigenvalue weighted by molar-refractivity contribution is -0.148. The number of halogens is 4. The Morgan fingerprint density at radius 1 is 1.30 bits per heavy atom. The lowest BCUT2D eigenvalue weighted by Gasteiger charge is -2.36. The number of rotatable bonds is 3. The van der Waals surface area contributed by atoms with Crippen molar-refractivity contribution >= 4 is 15.9 Å². The van der Waals surface area contributed by atoms with Crippen molar-refractivity contribution < 1.29 is 13.2 Å². The molecule has 1 aliphatic heterocycles. The van der Waals surface area contributed by atoms with Crippen LogP contribution in [0.4, 0.5) is 13.2 Å². The number of nitrogens with zero attached hydrogens (tertiary/aromatic N) is 1. The Kier molecular flexibility index (Phi) is 5.09. The number of nitrogens with one attached hydrogen (secondary N) is 1. The van der Waals surface area contributed by atoms with Gasteiger partial charge in [-0.2, -0.15) is 13.2 Å². The minimum absolute atomic E-state index is 0.602. The number of hydrogen-bond donors (Lipinski definition) is 1. The topological polar surface area (TPSA) is 15.3 Å². The lowest BCUT2D eigenvalue weighted by atomic mass is 9.96. The van der Waals surface area contributed by atoms with Gasteiger partial charge in [0.25, 0.3) is 0 Å². The zero-order chi connectivity index (χ0) is 14.8. The average molecular weight is 351 g/mol. The molecule has 1 N–H and O–H groups in total. The largest absolute Gasteiger partial charge is 0.390 e. The maximum absolute atomic E-state index is 12.9. The Bertz CT molecular complexity index is 456. The molecule has 0 unspecified atom stereocenters. The first-order valence-electron chi connectivity index (χ1n) is 6.64. The van der Waals surface area contributed by atoms with E-state index >= 15 is 0 Å². The summed E-state index contributed by atoms with van der Waals surface area (Å²) in [5, 5.41) is 3.18. The number of benzene rings is 1. The number of aryl methyl sites for hydroxylation is 1. The van der Waals surface area contributed by atoms with Gasteiger partial charge in [0.05, 0.1) is 6.42 Å². The highest BCUT2D eigenvalue weighted by Crippen LogP contribution is 2.36. The van der Waals surface area contributed by atoms with E-state index in [0.29, 0.717) is 13.1 Å². The summed E-state index contributed by atoms with van der Waals surface area (Å²) in [7, 11) is 0. The van der Waals surface area contributed by atoms with Crippen molar-refractivity contribution in [2.45, 2.75) is 25.6 Å². The molecule has 1 fully saturated rings. The van der Waals surface area contributed by atoms with E-state index in [-0.39, 0.29) is 0 Å². The summed E-state index contributed by atoms with van der Waals surface area (Å²) in [5.74, 6) is 0. The van der Waals surface area contributed by atoms with E-state index < -0.39 is 18.6 Å². The molecule has 0 spiro atoms. The van der Waals surface area contributed by atoms with Gasteiger partial charge in [-0.25, -0.2) is 0 Å². The summed E-state index contributed by atoms with van der Waals surface area (Å²) in [5.41, 5.74) is 1.67. The molecule has 2 nitrogen and oxygen atoms in total. The van der Waals surface area contributed by atoms with Gasteiger partial charge in [0.2, 0.25) is 0 Å². The van der Waals surface area contributed by atoms with Crippen molar-refractivity contribution in [2.24, 2.45) is 0 Å².